The van der Waals surface area contributed by atoms with Crippen LogP contribution in [0.2, 0.25) is 0 Å². The fourth-order valence-electron chi connectivity index (χ4n) is 3.18. The van der Waals surface area contributed by atoms with Crippen molar-refractivity contribution >= 4 is 29.6 Å². The highest BCUT2D eigenvalue weighted by molar-refractivity contribution is 8.18. The second-order valence-electron chi connectivity index (χ2n) is 7.92. The number of carbonyl (C=O) groups excluding carboxylic acids is 1. The molecule has 1 fully saturated rings. The van der Waals surface area contributed by atoms with Crippen molar-refractivity contribution in [3.63, 3.8) is 0 Å². The molecule has 0 bridgehead atoms. The first kappa shape index (κ1) is 22.4. The van der Waals surface area contributed by atoms with E-state index in [1.54, 1.807) is 23.5 Å². The summed E-state index contributed by atoms with van der Waals surface area (Å²) in [5.41, 5.74) is 0.551. The molecule has 1 heterocycles. The number of hydrogen-bond donors (Lipinski definition) is 2. The lowest BCUT2D eigenvalue weighted by Gasteiger charge is -2.43. The number of carbonyl (C=O) groups is 1. The summed E-state index contributed by atoms with van der Waals surface area (Å²) in [5, 5.41) is 14.5. The zero-order chi connectivity index (χ0) is 19.9. The zero-order valence-corrected chi connectivity index (χ0v) is 18.5. The standard InChI is InChI=1S/C21H33NO3S2/c1-5-6-13-17(22-19(24)25-20(2,3)4)18(23)21(26-14-10-15-27-21)16-11-8-7-9-12-16/h7-9,11-12,17-18,23H,5-6,10,13-15H2,1-4H3,(H,22,24). The fraction of sp³-hybridized carbons (Fsp3) is 0.667. The van der Waals surface area contributed by atoms with Crippen LogP contribution in [0.3, 0.4) is 0 Å². The number of aliphatic hydroxyl groups excluding tert-OH is 1. The second-order valence-corrected chi connectivity index (χ2v) is 10.9. The Labute approximate surface area is 172 Å². The SMILES string of the molecule is CCCCC(NC(=O)OC(C)(C)C)C(O)C1(c2ccccc2)SCCCS1. The van der Waals surface area contributed by atoms with Gasteiger partial charge in [0, 0.05) is 0 Å². The van der Waals surface area contributed by atoms with Crippen molar-refractivity contribution in [2.24, 2.45) is 0 Å². The van der Waals surface area contributed by atoms with Gasteiger partial charge in [-0.15, -0.1) is 23.5 Å². The number of ether oxygens (including phenoxy) is 1. The molecule has 1 aromatic rings. The molecule has 1 saturated heterocycles. The molecule has 2 N–H and O–H groups in total. The van der Waals surface area contributed by atoms with Crippen molar-refractivity contribution in [2.45, 2.75) is 75.2 Å². The molecule has 1 aliphatic rings. The Morgan fingerprint density at radius 3 is 2.44 bits per heavy atom. The van der Waals surface area contributed by atoms with Gasteiger partial charge in [-0.25, -0.2) is 4.79 Å². The molecule has 1 amide bonds. The predicted molar refractivity (Wildman–Crippen MR) is 116 cm³/mol. The van der Waals surface area contributed by atoms with Crippen molar-refractivity contribution in [2.75, 3.05) is 11.5 Å². The minimum Gasteiger partial charge on any atom is -0.444 e. The monoisotopic (exact) mass is 411 g/mol. The number of alkyl carbamates (subject to hydrolysis) is 1. The second kappa shape index (κ2) is 10.1. The average molecular weight is 412 g/mol. The number of amides is 1. The number of benzene rings is 1. The Bertz CT molecular complexity index is 583. The maximum Gasteiger partial charge on any atom is 0.407 e. The Hall–Kier alpha value is -0.850. The minimum atomic E-state index is -0.700. The summed E-state index contributed by atoms with van der Waals surface area (Å²) < 4.78 is 4.98. The van der Waals surface area contributed by atoms with E-state index in [-0.39, 0.29) is 6.04 Å². The molecule has 6 heteroatoms. The van der Waals surface area contributed by atoms with Gasteiger partial charge in [-0.1, -0.05) is 50.1 Å². The molecular formula is C21H33NO3S2. The number of aliphatic hydroxyl groups is 1. The largest absolute Gasteiger partial charge is 0.444 e. The number of rotatable bonds is 7. The van der Waals surface area contributed by atoms with E-state index in [2.05, 4.69) is 24.4 Å². The molecule has 0 aromatic heterocycles. The highest BCUT2D eigenvalue weighted by Crippen LogP contribution is 2.53. The van der Waals surface area contributed by atoms with Crippen molar-refractivity contribution in [1.82, 2.24) is 5.32 Å². The van der Waals surface area contributed by atoms with Crippen molar-refractivity contribution in [1.29, 1.82) is 0 Å². The summed E-state index contributed by atoms with van der Waals surface area (Å²) in [7, 11) is 0. The van der Waals surface area contributed by atoms with Gasteiger partial charge in [-0.2, -0.15) is 0 Å². The molecule has 4 nitrogen and oxygen atoms in total. The summed E-state index contributed by atoms with van der Waals surface area (Å²) in [5.74, 6) is 2.01. The molecule has 1 aliphatic heterocycles. The molecule has 0 aliphatic carbocycles. The van der Waals surface area contributed by atoms with Gasteiger partial charge < -0.3 is 15.2 Å². The van der Waals surface area contributed by atoms with Crippen LogP contribution in [0.25, 0.3) is 0 Å². The highest BCUT2D eigenvalue weighted by Gasteiger charge is 2.46. The number of hydrogen-bond acceptors (Lipinski definition) is 5. The third-order valence-corrected chi connectivity index (χ3v) is 7.94. The molecule has 2 atom stereocenters. The zero-order valence-electron chi connectivity index (χ0n) is 16.9. The third-order valence-electron chi connectivity index (χ3n) is 4.44. The van der Waals surface area contributed by atoms with E-state index < -0.39 is 21.9 Å². The third kappa shape index (κ3) is 6.33. The van der Waals surface area contributed by atoms with Crippen LogP contribution in [-0.4, -0.2) is 40.5 Å². The first-order valence-corrected chi connectivity index (χ1v) is 11.8. The van der Waals surface area contributed by atoms with Gasteiger partial charge in [-0.05, 0) is 50.7 Å². The predicted octanol–water partition coefficient (Wildman–Crippen LogP) is 5.15. The highest BCUT2D eigenvalue weighted by atomic mass is 32.2. The lowest BCUT2D eigenvalue weighted by Crippen LogP contribution is -2.52. The molecule has 27 heavy (non-hydrogen) atoms. The van der Waals surface area contributed by atoms with E-state index in [0.717, 1.165) is 42.8 Å². The van der Waals surface area contributed by atoms with Gasteiger partial charge in [0.05, 0.1) is 6.04 Å². The quantitative estimate of drug-likeness (QED) is 0.649. The molecule has 0 radical (unpaired) electrons. The lowest BCUT2D eigenvalue weighted by molar-refractivity contribution is 0.0397. The Kier molecular flexibility index (Phi) is 8.38. The minimum absolute atomic E-state index is 0.349. The van der Waals surface area contributed by atoms with Crippen LogP contribution in [0.4, 0.5) is 4.79 Å². The summed E-state index contributed by atoms with van der Waals surface area (Å²) in [6.07, 6.45) is 2.66. The Morgan fingerprint density at radius 1 is 1.26 bits per heavy atom. The van der Waals surface area contributed by atoms with Crippen molar-refractivity contribution in [3.05, 3.63) is 35.9 Å². The molecule has 152 valence electrons. The fourth-order valence-corrected chi connectivity index (χ4v) is 6.66. The van der Waals surface area contributed by atoms with Gasteiger partial charge in [-0.3, -0.25) is 0 Å². The molecule has 1 aromatic carbocycles. The van der Waals surface area contributed by atoms with E-state index in [9.17, 15) is 9.90 Å². The number of unbranched alkanes of at least 4 members (excludes halogenated alkanes) is 1. The molecule has 2 unspecified atom stereocenters. The van der Waals surface area contributed by atoms with Crippen LogP contribution in [-0.2, 0) is 8.82 Å². The van der Waals surface area contributed by atoms with Crippen molar-refractivity contribution < 1.29 is 14.6 Å². The molecule has 0 saturated carbocycles. The van der Waals surface area contributed by atoms with E-state index in [1.165, 1.54) is 0 Å². The first-order valence-electron chi connectivity index (χ1n) is 9.79. The van der Waals surface area contributed by atoms with Crippen LogP contribution in [0, 0.1) is 0 Å². The van der Waals surface area contributed by atoms with Gasteiger partial charge in [0.25, 0.3) is 0 Å². The van der Waals surface area contributed by atoms with Crippen LogP contribution >= 0.6 is 23.5 Å². The van der Waals surface area contributed by atoms with Crippen LogP contribution in [0.5, 0.6) is 0 Å². The van der Waals surface area contributed by atoms with Gasteiger partial charge in [0.2, 0.25) is 0 Å². The van der Waals surface area contributed by atoms with Crippen LogP contribution < -0.4 is 5.32 Å². The molecule has 2 rings (SSSR count). The van der Waals surface area contributed by atoms with E-state index in [0.29, 0.717) is 0 Å². The normalized spacial score (nSPS) is 19.1. The van der Waals surface area contributed by atoms with Crippen LogP contribution in [0.1, 0.15) is 58.9 Å². The first-order chi connectivity index (χ1) is 12.8. The topological polar surface area (TPSA) is 58.6 Å². The van der Waals surface area contributed by atoms with E-state index in [1.807, 2.05) is 39.0 Å². The maximum absolute atomic E-state index is 12.4. The van der Waals surface area contributed by atoms with Gasteiger partial charge in [0.15, 0.2) is 0 Å². The van der Waals surface area contributed by atoms with E-state index >= 15 is 0 Å². The summed E-state index contributed by atoms with van der Waals surface area (Å²) in [6.45, 7) is 7.67. The summed E-state index contributed by atoms with van der Waals surface area (Å²) >= 11 is 3.59. The molecule has 0 spiro atoms. The summed E-state index contributed by atoms with van der Waals surface area (Å²) in [4.78, 5) is 12.4. The maximum atomic E-state index is 12.4. The number of thioether (sulfide) groups is 2. The summed E-state index contributed by atoms with van der Waals surface area (Å²) in [6, 6.07) is 9.84. The van der Waals surface area contributed by atoms with Gasteiger partial charge in [0.1, 0.15) is 15.8 Å². The van der Waals surface area contributed by atoms with Gasteiger partial charge >= 0.3 is 6.09 Å². The average Bonchev–Trinajstić information content (AvgIpc) is 2.64. The molecular weight excluding hydrogens is 378 g/mol. The lowest BCUT2D eigenvalue weighted by atomic mass is 9.96. The Balaban J connectivity index is 2.26. The van der Waals surface area contributed by atoms with Crippen LogP contribution in [0.15, 0.2) is 30.3 Å². The Morgan fingerprint density at radius 2 is 1.89 bits per heavy atom. The van der Waals surface area contributed by atoms with Crippen molar-refractivity contribution in [3.8, 4) is 0 Å². The number of nitrogens with one attached hydrogen (secondary N) is 1. The van der Waals surface area contributed by atoms with E-state index in [4.69, 9.17) is 4.74 Å². The smallest absolute Gasteiger partial charge is 0.407 e.